The van der Waals surface area contributed by atoms with E-state index in [2.05, 4.69) is 31.2 Å². The Morgan fingerprint density at radius 3 is 2.33 bits per heavy atom. The lowest BCUT2D eigenvalue weighted by molar-refractivity contribution is -0.146. The Morgan fingerprint density at radius 1 is 1.02 bits per heavy atom. The van der Waals surface area contributed by atoms with E-state index < -0.39 is 64.9 Å². The molecule has 0 spiro atoms. The molecule has 2 aliphatic carbocycles. The highest BCUT2D eigenvalue weighted by Crippen LogP contribution is 2.39. The fourth-order valence-corrected chi connectivity index (χ4v) is 6.09. The van der Waals surface area contributed by atoms with Crippen molar-refractivity contribution in [1.82, 2.24) is 36.1 Å². The molecule has 13 nitrogen and oxygen atoms in total. The molecule has 0 radical (unpaired) electrons. The summed E-state index contributed by atoms with van der Waals surface area (Å²) in [5.41, 5.74) is -0.709. The van der Waals surface area contributed by atoms with Crippen LogP contribution < -0.4 is 21.3 Å². The molecule has 0 aromatic carbocycles. The Kier molecular flexibility index (Phi) is 10.9. The van der Waals surface area contributed by atoms with E-state index >= 15 is 0 Å². The second kappa shape index (κ2) is 14.5. The summed E-state index contributed by atoms with van der Waals surface area (Å²) >= 11 is 0. The fraction of sp³-hybridized carbons (Fsp3) is 0.636. The first-order valence-electron chi connectivity index (χ1n) is 16.2. The zero-order chi connectivity index (χ0) is 33.8. The van der Waals surface area contributed by atoms with Crippen LogP contribution in [0.3, 0.4) is 0 Å². The van der Waals surface area contributed by atoms with Crippen LogP contribution in [0.1, 0.15) is 84.1 Å². The molecule has 6 atom stereocenters. The second-order valence-electron chi connectivity index (χ2n) is 14.0. The van der Waals surface area contributed by atoms with E-state index in [1.165, 1.54) is 23.5 Å². The molecule has 4 rings (SSSR count). The molecule has 0 bridgehead atoms. The van der Waals surface area contributed by atoms with Gasteiger partial charge in [-0.15, -0.1) is 0 Å². The number of fused-ring (bicyclic) bond motifs is 1. The van der Waals surface area contributed by atoms with Gasteiger partial charge in [-0.1, -0.05) is 60.1 Å². The highest BCUT2D eigenvalue weighted by atomic mass is 16.2. The quantitative estimate of drug-likeness (QED) is 0.185. The Hall–Kier alpha value is -4.16. The predicted octanol–water partition coefficient (Wildman–Crippen LogP) is 1.30. The van der Waals surface area contributed by atoms with Crippen LogP contribution in [0.15, 0.2) is 30.7 Å². The fourth-order valence-electron chi connectivity index (χ4n) is 6.09. The van der Waals surface area contributed by atoms with E-state index in [0.717, 1.165) is 12.8 Å². The molecule has 13 heteroatoms. The van der Waals surface area contributed by atoms with Gasteiger partial charge in [0.1, 0.15) is 23.8 Å². The molecule has 1 aromatic heterocycles. The number of hydrogen-bond acceptors (Lipinski definition) is 8. The van der Waals surface area contributed by atoms with Gasteiger partial charge in [-0.2, -0.15) is 0 Å². The standard InChI is InChI=1S/C33H47N7O6/c1-7-9-22(26(41)31(45)36-20-12-13-20)37-30(44)25-21-11-8-10-19(21)17-40(25)32(46)27(33(4,5)6)39-29(43)24(18(2)3)38-28(42)23-16-34-14-15-35-23/h8,10,14-16,18-22,24-25,27H,7,9,11-13,17H2,1-6H3,(H,36,45)(H,37,44)(H,38,42)(H,39,43)/t19-,21-,22?,24+,25-,27+/m0/s1. The highest BCUT2D eigenvalue weighted by Gasteiger charge is 2.51. The van der Waals surface area contributed by atoms with Crippen LogP contribution in [0, 0.1) is 23.2 Å². The first kappa shape index (κ1) is 34.7. The third-order valence-electron chi connectivity index (χ3n) is 8.82. The van der Waals surface area contributed by atoms with Crippen LogP contribution in [0.2, 0.25) is 0 Å². The van der Waals surface area contributed by atoms with Crippen molar-refractivity contribution in [3.05, 3.63) is 36.4 Å². The Balaban J connectivity index is 1.53. The minimum Gasteiger partial charge on any atom is -0.347 e. The third kappa shape index (κ3) is 8.16. The maximum Gasteiger partial charge on any atom is 0.289 e. The van der Waals surface area contributed by atoms with Gasteiger partial charge in [0.2, 0.25) is 23.5 Å². The van der Waals surface area contributed by atoms with Gasteiger partial charge >= 0.3 is 0 Å². The molecule has 4 N–H and O–H groups in total. The van der Waals surface area contributed by atoms with Gasteiger partial charge in [-0.05, 0) is 42.9 Å². The summed E-state index contributed by atoms with van der Waals surface area (Å²) in [6.07, 6.45) is 11.2. The molecule has 1 saturated heterocycles. The van der Waals surface area contributed by atoms with Gasteiger partial charge in [0.15, 0.2) is 0 Å². The van der Waals surface area contributed by atoms with E-state index in [1.54, 1.807) is 13.8 Å². The van der Waals surface area contributed by atoms with Gasteiger partial charge in [0.25, 0.3) is 11.8 Å². The lowest BCUT2D eigenvalue weighted by Gasteiger charge is -2.37. The maximum atomic E-state index is 14.4. The lowest BCUT2D eigenvalue weighted by Crippen LogP contribution is -2.62. The third-order valence-corrected chi connectivity index (χ3v) is 8.82. The average Bonchev–Trinajstić information content (AvgIpc) is 3.57. The Bertz CT molecular complexity index is 1350. The molecule has 1 saturated carbocycles. The summed E-state index contributed by atoms with van der Waals surface area (Å²) in [6, 6.07) is -3.92. The van der Waals surface area contributed by atoms with Gasteiger partial charge in [-0.25, -0.2) is 4.98 Å². The van der Waals surface area contributed by atoms with E-state index in [4.69, 9.17) is 0 Å². The monoisotopic (exact) mass is 637 g/mol. The van der Waals surface area contributed by atoms with E-state index in [9.17, 15) is 28.8 Å². The summed E-state index contributed by atoms with van der Waals surface area (Å²) in [4.78, 5) is 89.8. The number of nitrogens with one attached hydrogen (secondary N) is 4. The molecule has 1 unspecified atom stereocenters. The number of carbonyl (C=O) groups excluding carboxylic acids is 6. The number of ketones is 1. The molecule has 1 aliphatic heterocycles. The van der Waals surface area contributed by atoms with E-state index in [0.29, 0.717) is 12.8 Å². The molecule has 46 heavy (non-hydrogen) atoms. The summed E-state index contributed by atoms with van der Waals surface area (Å²) in [5, 5.41) is 11.1. The minimum absolute atomic E-state index is 0.00265. The van der Waals surface area contributed by atoms with Crippen molar-refractivity contribution in [3.8, 4) is 0 Å². The molecule has 1 aromatic rings. The first-order valence-corrected chi connectivity index (χ1v) is 16.2. The van der Waals surface area contributed by atoms with Gasteiger partial charge in [0.05, 0.1) is 12.2 Å². The Labute approximate surface area is 270 Å². The molecular weight excluding hydrogens is 590 g/mol. The molecule has 2 heterocycles. The van der Waals surface area contributed by atoms with E-state index in [1.807, 2.05) is 39.8 Å². The summed E-state index contributed by atoms with van der Waals surface area (Å²) in [6.45, 7) is 11.2. The SMILES string of the molecule is CCCC(NC(=O)[C@@H]1[C@H]2CC=C[C@H]2CN1C(=O)[C@@H](NC(=O)[C@H](NC(=O)c1cnccn1)C(C)C)C(C)(C)C)C(=O)C(=O)NC1CC1. The lowest BCUT2D eigenvalue weighted by atomic mass is 9.84. The second-order valence-corrected chi connectivity index (χ2v) is 14.0. The molecule has 5 amide bonds. The summed E-state index contributed by atoms with van der Waals surface area (Å²) in [5.74, 6) is -4.03. The Morgan fingerprint density at radius 2 is 1.74 bits per heavy atom. The normalized spacial score (nSPS) is 22.4. The van der Waals surface area contributed by atoms with E-state index in [-0.39, 0.29) is 42.5 Å². The zero-order valence-electron chi connectivity index (χ0n) is 27.5. The summed E-state index contributed by atoms with van der Waals surface area (Å²) in [7, 11) is 0. The number of allylic oxidation sites excluding steroid dienone is 1. The summed E-state index contributed by atoms with van der Waals surface area (Å²) < 4.78 is 0. The van der Waals surface area contributed by atoms with Crippen molar-refractivity contribution in [3.63, 3.8) is 0 Å². The number of aromatic nitrogens is 2. The number of amides is 5. The van der Waals surface area contributed by atoms with Crippen molar-refractivity contribution >= 4 is 35.3 Å². The number of rotatable bonds is 13. The number of nitrogens with zero attached hydrogens (tertiary/aromatic N) is 3. The van der Waals surface area contributed by atoms with Crippen molar-refractivity contribution in [1.29, 1.82) is 0 Å². The van der Waals surface area contributed by atoms with Crippen molar-refractivity contribution in [2.24, 2.45) is 23.2 Å². The van der Waals surface area contributed by atoms with Crippen molar-refractivity contribution in [2.45, 2.75) is 104 Å². The smallest absolute Gasteiger partial charge is 0.289 e. The van der Waals surface area contributed by atoms with Crippen LogP contribution in [0.5, 0.6) is 0 Å². The van der Waals surface area contributed by atoms with Crippen LogP contribution in [0.25, 0.3) is 0 Å². The van der Waals surface area contributed by atoms with Crippen LogP contribution in [-0.2, 0) is 24.0 Å². The average molecular weight is 638 g/mol. The molecule has 250 valence electrons. The largest absolute Gasteiger partial charge is 0.347 e. The van der Waals surface area contributed by atoms with Crippen LogP contribution >= 0.6 is 0 Å². The number of carbonyl (C=O) groups is 6. The van der Waals surface area contributed by atoms with Crippen molar-refractivity contribution < 1.29 is 28.8 Å². The van der Waals surface area contributed by atoms with Crippen LogP contribution in [-0.4, -0.2) is 86.9 Å². The minimum atomic E-state index is -1.04. The van der Waals surface area contributed by atoms with Crippen molar-refractivity contribution in [2.75, 3.05) is 6.54 Å². The van der Waals surface area contributed by atoms with Gasteiger partial charge in [-0.3, -0.25) is 33.8 Å². The molecule has 3 aliphatic rings. The predicted molar refractivity (Wildman–Crippen MR) is 169 cm³/mol. The number of hydrogen-bond donors (Lipinski definition) is 4. The number of likely N-dealkylation sites (tertiary alicyclic amines) is 1. The number of Topliss-reactive ketones (excluding diaryl/α,β-unsaturated/α-hetero) is 1. The first-order chi connectivity index (χ1) is 21.7. The topological polar surface area (TPSA) is 180 Å². The molecular formula is C33H47N7O6. The van der Waals surface area contributed by atoms with Crippen LogP contribution in [0.4, 0.5) is 0 Å². The maximum absolute atomic E-state index is 14.4. The zero-order valence-corrected chi connectivity index (χ0v) is 27.5. The van der Waals surface area contributed by atoms with Gasteiger partial charge in [0, 0.05) is 30.9 Å². The van der Waals surface area contributed by atoms with Gasteiger partial charge < -0.3 is 26.2 Å². The molecule has 2 fully saturated rings. The highest BCUT2D eigenvalue weighted by molar-refractivity contribution is 6.38.